The van der Waals surface area contributed by atoms with Crippen LogP contribution in [0.2, 0.25) is 0 Å². The third-order valence-electron chi connectivity index (χ3n) is 9.07. The van der Waals surface area contributed by atoms with Crippen molar-refractivity contribution in [1.82, 2.24) is 0 Å². The van der Waals surface area contributed by atoms with Gasteiger partial charge in [-0.15, -0.1) is 0 Å². The molecule has 0 aromatic carbocycles. The smallest absolute Gasteiger partial charge is 0.196 e. The molecule has 2 heterocycles. The molecule has 2 bridgehead atoms. The zero-order valence-electron chi connectivity index (χ0n) is 12.4. The Hall–Kier alpha value is -0.600. The van der Waals surface area contributed by atoms with Crippen LogP contribution in [0.4, 0.5) is 0 Å². The molecule has 4 fully saturated rings. The summed E-state index contributed by atoms with van der Waals surface area (Å²) in [6.45, 7) is 9.78. The lowest BCUT2D eigenvalue weighted by Gasteiger charge is -2.59. The SMILES string of the molecule is CC1(C)C2(C)C3C4N=[N+]([O-])[C@H](C5CCC[C@H]45)[C@H]3[C@]12C. The van der Waals surface area contributed by atoms with E-state index in [1.165, 1.54) is 19.3 Å². The van der Waals surface area contributed by atoms with Gasteiger partial charge >= 0.3 is 0 Å². The molecular weight excluding hydrogens is 236 g/mol. The van der Waals surface area contributed by atoms with Gasteiger partial charge in [-0.05, 0) is 40.1 Å². The molecule has 0 spiro atoms. The summed E-state index contributed by atoms with van der Waals surface area (Å²) in [5.74, 6) is 2.70. The Morgan fingerprint density at radius 3 is 2.37 bits per heavy atom. The highest BCUT2D eigenvalue weighted by Gasteiger charge is 2.95. The second-order valence-electron chi connectivity index (χ2n) is 8.74. The standard InChI is InChI=1S/C16H24N2O/c1-14(2)15(3)10-11(16(14,15)4)13-9-7-5-6-8(9)12(10)17-18(13)19/h8-13H,5-7H2,1-4H3/t8-,9?,10?,11-,12?,13+,15?,16+/m0/s1. The van der Waals surface area contributed by atoms with E-state index in [4.69, 9.17) is 0 Å². The molecule has 6 aliphatic rings. The zero-order chi connectivity index (χ0) is 13.4. The summed E-state index contributed by atoms with van der Waals surface area (Å²) in [7, 11) is 0. The molecule has 0 aromatic rings. The van der Waals surface area contributed by atoms with Crippen LogP contribution < -0.4 is 0 Å². The molecule has 6 rings (SSSR count). The Labute approximate surface area is 115 Å². The van der Waals surface area contributed by atoms with Crippen LogP contribution in [0.25, 0.3) is 0 Å². The third kappa shape index (κ3) is 0.745. The summed E-state index contributed by atoms with van der Waals surface area (Å²) in [6.07, 6.45) is 3.91. The van der Waals surface area contributed by atoms with E-state index in [1.54, 1.807) is 0 Å². The van der Waals surface area contributed by atoms with E-state index in [9.17, 15) is 5.21 Å². The lowest BCUT2D eigenvalue weighted by Crippen LogP contribution is -2.67. The first kappa shape index (κ1) is 11.1. The Morgan fingerprint density at radius 1 is 1.00 bits per heavy atom. The van der Waals surface area contributed by atoms with Gasteiger partial charge in [0.2, 0.25) is 0 Å². The van der Waals surface area contributed by atoms with Crippen molar-refractivity contribution in [3.05, 3.63) is 5.21 Å². The summed E-state index contributed by atoms with van der Waals surface area (Å²) < 4.78 is 0. The molecular formula is C16H24N2O. The maximum absolute atomic E-state index is 12.4. The van der Waals surface area contributed by atoms with Gasteiger partial charge in [0.1, 0.15) is 6.04 Å². The highest BCUT2D eigenvalue weighted by atomic mass is 16.5. The summed E-state index contributed by atoms with van der Waals surface area (Å²) in [5, 5.41) is 16.9. The van der Waals surface area contributed by atoms with Gasteiger partial charge in [-0.1, -0.05) is 39.0 Å². The van der Waals surface area contributed by atoms with Gasteiger partial charge < -0.3 is 5.21 Å². The average Bonchev–Trinajstić information content (AvgIpc) is 2.79. The quantitative estimate of drug-likeness (QED) is 0.486. The van der Waals surface area contributed by atoms with Crippen LogP contribution in [0.1, 0.15) is 47.0 Å². The molecule has 3 heteroatoms. The second-order valence-corrected chi connectivity index (χ2v) is 8.74. The predicted molar refractivity (Wildman–Crippen MR) is 71.4 cm³/mol. The Balaban J connectivity index is 1.68. The van der Waals surface area contributed by atoms with E-state index in [2.05, 4.69) is 32.8 Å². The van der Waals surface area contributed by atoms with E-state index in [-0.39, 0.29) is 6.04 Å². The predicted octanol–water partition coefficient (Wildman–Crippen LogP) is 3.43. The molecule has 0 radical (unpaired) electrons. The topological polar surface area (TPSA) is 38.4 Å². The lowest BCUT2D eigenvalue weighted by molar-refractivity contribution is -0.626. The maximum atomic E-state index is 12.4. The highest BCUT2D eigenvalue weighted by molar-refractivity contribution is 5.40. The van der Waals surface area contributed by atoms with Gasteiger partial charge in [0.15, 0.2) is 6.04 Å². The van der Waals surface area contributed by atoms with Gasteiger partial charge in [0, 0.05) is 17.8 Å². The number of hydrogen-bond acceptors (Lipinski definition) is 2. The lowest BCUT2D eigenvalue weighted by atomic mass is 9.46. The van der Waals surface area contributed by atoms with Crippen molar-refractivity contribution in [3.8, 4) is 0 Å². The molecule has 4 aliphatic carbocycles. The number of hydrogen-bond donors (Lipinski definition) is 0. The molecule has 0 saturated heterocycles. The number of rotatable bonds is 0. The van der Waals surface area contributed by atoms with E-state index < -0.39 is 0 Å². The average molecular weight is 260 g/mol. The van der Waals surface area contributed by atoms with Crippen LogP contribution in [0.5, 0.6) is 0 Å². The molecule has 104 valence electrons. The minimum absolute atomic E-state index is 0.211. The van der Waals surface area contributed by atoms with Gasteiger partial charge in [-0.3, -0.25) is 0 Å². The second kappa shape index (κ2) is 2.60. The minimum atomic E-state index is 0.211. The highest BCUT2D eigenvalue weighted by Crippen LogP contribution is 2.95. The van der Waals surface area contributed by atoms with Crippen LogP contribution in [-0.2, 0) is 0 Å². The van der Waals surface area contributed by atoms with Gasteiger partial charge in [0.05, 0.1) is 0 Å². The first-order valence-electron chi connectivity index (χ1n) is 8.04. The first-order valence-corrected chi connectivity index (χ1v) is 8.04. The number of azo groups is 1. The fourth-order valence-corrected chi connectivity index (χ4v) is 7.74. The van der Waals surface area contributed by atoms with Crippen LogP contribution in [0.3, 0.4) is 0 Å². The monoisotopic (exact) mass is 260 g/mol. The molecule has 19 heavy (non-hydrogen) atoms. The summed E-state index contributed by atoms with van der Waals surface area (Å²) in [6, 6.07) is 0.558. The zero-order valence-corrected chi connectivity index (χ0v) is 12.4. The normalized spacial score (nSPS) is 66.6. The summed E-state index contributed by atoms with van der Waals surface area (Å²) in [5.41, 5.74) is 1.22. The largest absolute Gasteiger partial charge is 0.600 e. The van der Waals surface area contributed by atoms with Gasteiger partial charge in [-0.2, -0.15) is 0 Å². The Morgan fingerprint density at radius 2 is 1.63 bits per heavy atom. The van der Waals surface area contributed by atoms with Crippen molar-refractivity contribution in [2.75, 3.05) is 0 Å². The molecule has 3 nitrogen and oxygen atoms in total. The van der Waals surface area contributed by atoms with E-state index in [0.29, 0.717) is 40.0 Å². The van der Waals surface area contributed by atoms with Crippen molar-refractivity contribution in [3.63, 3.8) is 0 Å². The van der Waals surface area contributed by atoms with E-state index >= 15 is 0 Å². The Bertz CT molecular complexity index is 527. The van der Waals surface area contributed by atoms with Crippen LogP contribution >= 0.6 is 0 Å². The van der Waals surface area contributed by atoms with Crippen LogP contribution in [0, 0.1) is 45.1 Å². The number of hydroxylamine groups is 1. The number of fused-ring (bicyclic) bond motifs is 1. The molecule has 4 saturated carbocycles. The minimum Gasteiger partial charge on any atom is -0.600 e. The van der Waals surface area contributed by atoms with Crippen molar-refractivity contribution in [2.24, 2.45) is 45.0 Å². The van der Waals surface area contributed by atoms with Crippen molar-refractivity contribution < 1.29 is 4.86 Å². The first-order chi connectivity index (χ1) is 8.87. The molecule has 0 aromatic heterocycles. The fourth-order valence-electron chi connectivity index (χ4n) is 7.74. The summed E-state index contributed by atoms with van der Waals surface area (Å²) in [4.78, 5) is 1.15. The third-order valence-corrected chi connectivity index (χ3v) is 9.07. The molecule has 2 aliphatic heterocycles. The Kier molecular flexibility index (Phi) is 1.52. The van der Waals surface area contributed by atoms with E-state index in [0.717, 1.165) is 10.8 Å². The van der Waals surface area contributed by atoms with Gasteiger partial charge in [0.25, 0.3) is 0 Å². The van der Waals surface area contributed by atoms with Crippen molar-refractivity contribution in [2.45, 2.75) is 59.0 Å². The van der Waals surface area contributed by atoms with E-state index in [1.807, 2.05) is 0 Å². The fraction of sp³-hybridized carbons (Fsp3) is 1.00. The molecule has 0 N–H and O–H groups in total. The maximum Gasteiger partial charge on any atom is 0.196 e. The van der Waals surface area contributed by atoms with Crippen molar-refractivity contribution >= 4 is 0 Å². The molecule has 4 unspecified atom stereocenters. The van der Waals surface area contributed by atoms with Gasteiger partial charge in [-0.25, -0.2) is 0 Å². The summed E-state index contributed by atoms with van der Waals surface area (Å²) >= 11 is 0. The van der Waals surface area contributed by atoms with Crippen LogP contribution in [-0.4, -0.2) is 16.9 Å². The molecule has 8 atom stereocenters. The van der Waals surface area contributed by atoms with Crippen molar-refractivity contribution in [1.29, 1.82) is 0 Å². The van der Waals surface area contributed by atoms with Crippen LogP contribution in [0.15, 0.2) is 5.11 Å². The molecule has 0 amide bonds. The number of nitrogens with zero attached hydrogens (tertiary/aromatic N) is 2.